The summed E-state index contributed by atoms with van der Waals surface area (Å²) in [4.78, 5) is 23.0. The number of carbonyl (C=O) groups excluding carboxylic acids is 1. The van der Waals surface area contributed by atoms with Crippen molar-refractivity contribution in [1.29, 1.82) is 0 Å². The molecule has 0 atom stereocenters. The Kier molecular flexibility index (Phi) is 3.53. The number of halogens is 3. The van der Waals surface area contributed by atoms with E-state index in [-0.39, 0.29) is 28.7 Å². The molecule has 0 aliphatic carbocycles. The van der Waals surface area contributed by atoms with Crippen LogP contribution in [0.4, 0.5) is 14.5 Å². The lowest BCUT2D eigenvalue weighted by molar-refractivity contribution is -0.384. The second-order valence-electron chi connectivity index (χ2n) is 4.25. The molecule has 1 saturated heterocycles. The molecule has 102 valence electrons. The first kappa shape index (κ1) is 13.9. The molecule has 8 heteroatoms. The Morgan fingerprint density at radius 2 is 2.16 bits per heavy atom. The summed E-state index contributed by atoms with van der Waals surface area (Å²) in [6, 6.07) is 3.62. The van der Waals surface area contributed by atoms with E-state index in [4.69, 9.17) is 0 Å². The van der Waals surface area contributed by atoms with Crippen LogP contribution < -0.4 is 0 Å². The van der Waals surface area contributed by atoms with Crippen molar-refractivity contribution in [1.82, 2.24) is 4.90 Å². The van der Waals surface area contributed by atoms with Gasteiger partial charge in [-0.05, 0) is 22.0 Å². The van der Waals surface area contributed by atoms with Crippen molar-refractivity contribution in [3.8, 4) is 0 Å². The normalized spacial score (nSPS) is 17.5. The maximum Gasteiger partial charge on any atom is 0.270 e. The topological polar surface area (TPSA) is 63.4 Å². The van der Waals surface area contributed by atoms with Gasteiger partial charge in [-0.15, -0.1) is 0 Å². The molecule has 0 N–H and O–H groups in total. The number of nitro benzene ring substituents is 1. The van der Waals surface area contributed by atoms with Gasteiger partial charge >= 0.3 is 0 Å². The molecule has 1 aromatic rings. The zero-order chi connectivity index (χ0) is 14.2. The molecule has 0 radical (unpaired) electrons. The van der Waals surface area contributed by atoms with Crippen LogP contribution in [0.3, 0.4) is 0 Å². The van der Waals surface area contributed by atoms with E-state index in [1.54, 1.807) is 0 Å². The van der Waals surface area contributed by atoms with E-state index >= 15 is 0 Å². The standard InChI is InChI=1S/C11H9BrF2N2O3/c12-9-5-7(16(18)19)1-2-8(9)10(17)15-4-3-11(13,14)6-15/h1-2,5H,3-4,6H2. The van der Waals surface area contributed by atoms with Gasteiger partial charge in [0.25, 0.3) is 17.5 Å². The van der Waals surface area contributed by atoms with E-state index in [1.807, 2.05) is 0 Å². The number of nitrogens with zero attached hydrogens (tertiary/aromatic N) is 2. The molecule has 1 aromatic carbocycles. The minimum Gasteiger partial charge on any atom is -0.332 e. The molecule has 1 aliphatic heterocycles. The van der Waals surface area contributed by atoms with Crippen molar-refractivity contribution in [3.63, 3.8) is 0 Å². The zero-order valence-corrected chi connectivity index (χ0v) is 11.2. The fourth-order valence-corrected chi connectivity index (χ4v) is 2.41. The number of carbonyl (C=O) groups is 1. The minimum atomic E-state index is -2.86. The van der Waals surface area contributed by atoms with Crippen LogP contribution in [0.1, 0.15) is 16.8 Å². The summed E-state index contributed by atoms with van der Waals surface area (Å²) in [5.74, 6) is -3.41. The molecule has 1 aliphatic rings. The second kappa shape index (κ2) is 4.84. The van der Waals surface area contributed by atoms with E-state index in [9.17, 15) is 23.7 Å². The van der Waals surface area contributed by atoms with Crippen molar-refractivity contribution in [2.75, 3.05) is 13.1 Å². The predicted octanol–water partition coefficient (Wildman–Crippen LogP) is 2.84. The Morgan fingerprint density at radius 3 is 2.63 bits per heavy atom. The summed E-state index contributed by atoms with van der Waals surface area (Å²) in [6.45, 7) is -0.634. The van der Waals surface area contributed by atoms with Crippen LogP contribution >= 0.6 is 15.9 Å². The average Bonchev–Trinajstić information content (AvgIpc) is 2.68. The maximum absolute atomic E-state index is 13.0. The monoisotopic (exact) mass is 334 g/mol. The fourth-order valence-electron chi connectivity index (χ4n) is 1.87. The number of rotatable bonds is 2. The van der Waals surface area contributed by atoms with Gasteiger partial charge in [0, 0.05) is 29.6 Å². The SMILES string of the molecule is O=C(c1ccc([N+](=O)[O-])cc1Br)N1CCC(F)(F)C1. The number of alkyl halides is 2. The summed E-state index contributed by atoms with van der Waals surface area (Å²) in [6.07, 6.45) is -0.358. The van der Waals surface area contributed by atoms with Crippen LogP contribution in [0.25, 0.3) is 0 Å². The molecule has 19 heavy (non-hydrogen) atoms. The molecular weight excluding hydrogens is 326 g/mol. The summed E-state index contributed by atoms with van der Waals surface area (Å²) < 4.78 is 26.3. The summed E-state index contributed by atoms with van der Waals surface area (Å²) in [5.41, 5.74) is -0.0292. The van der Waals surface area contributed by atoms with Crippen molar-refractivity contribution in [2.24, 2.45) is 0 Å². The van der Waals surface area contributed by atoms with Crippen molar-refractivity contribution >= 4 is 27.5 Å². The van der Waals surface area contributed by atoms with Crippen LogP contribution in [0.2, 0.25) is 0 Å². The Hall–Kier alpha value is -1.57. The number of hydrogen-bond donors (Lipinski definition) is 0. The fraction of sp³-hybridized carbons (Fsp3) is 0.364. The van der Waals surface area contributed by atoms with Gasteiger partial charge in [-0.25, -0.2) is 8.78 Å². The Balaban J connectivity index is 2.23. The Bertz CT molecular complexity index is 551. The summed E-state index contributed by atoms with van der Waals surface area (Å²) in [5, 5.41) is 10.6. The quantitative estimate of drug-likeness (QED) is 0.617. The molecular formula is C11H9BrF2N2O3. The molecule has 1 amide bonds. The van der Waals surface area contributed by atoms with Gasteiger partial charge in [0.15, 0.2) is 0 Å². The first-order chi connectivity index (χ1) is 8.80. The zero-order valence-electron chi connectivity index (χ0n) is 9.61. The van der Waals surface area contributed by atoms with Gasteiger partial charge in [-0.3, -0.25) is 14.9 Å². The predicted molar refractivity (Wildman–Crippen MR) is 66.3 cm³/mol. The first-order valence-electron chi connectivity index (χ1n) is 5.41. The first-order valence-corrected chi connectivity index (χ1v) is 6.20. The lowest BCUT2D eigenvalue weighted by Crippen LogP contribution is -2.31. The van der Waals surface area contributed by atoms with Crippen LogP contribution in [0.15, 0.2) is 22.7 Å². The van der Waals surface area contributed by atoms with Gasteiger partial charge < -0.3 is 4.90 Å². The average molecular weight is 335 g/mol. The van der Waals surface area contributed by atoms with Crippen LogP contribution in [-0.2, 0) is 0 Å². The third-order valence-electron chi connectivity index (χ3n) is 2.85. The lowest BCUT2D eigenvalue weighted by Gasteiger charge is -2.16. The number of non-ortho nitro benzene ring substituents is 1. The highest BCUT2D eigenvalue weighted by atomic mass is 79.9. The third kappa shape index (κ3) is 2.89. The molecule has 1 heterocycles. The van der Waals surface area contributed by atoms with E-state index in [2.05, 4.69) is 15.9 Å². The van der Waals surface area contributed by atoms with Gasteiger partial charge in [0.05, 0.1) is 17.0 Å². The van der Waals surface area contributed by atoms with Crippen molar-refractivity contribution < 1.29 is 18.5 Å². The highest BCUT2D eigenvalue weighted by Gasteiger charge is 2.40. The molecule has 0 bridgehead atoms. The van der Waals surface area contributed by atoms with E-state index < -0.39 is 23.3 Å². The maximum atomic E-state index is 13.0. The number of benzene rings is 1. The summed E-state index contributed by atoms with van der Waals surface area (Å²) >= 11 is 3.05. The molecule has 1 fully saturated rings. The smallest absolute Gasteiger partial charge is 0.270 e. The number of nitro groups is 1. The van der Waals surface area contributed by atoms with Crippen molar-refractivity contribution in [2.45, 2.75) is 12.3 Å². The van der Waals surface area contributed by atoms with Crippen LogP contribution in [-0.4, -0.2) is 34.7 Å². The largest absolute Gasteiger partial charge is 0.332 e. The number of hydrogen-bond acceptors (Lipinski definition) is 3. The van der Waals surface area contributed by atoms with Crippen LogP contribution in [0, 0.1) is 10.1 Å². The number of amides is 1. The second-order valence-corrected chi connectivity index (χ2v) is 5.11. The van der Waals surface area contributed by atoms with Gasteiger partial charge in [0.2, 0.25) is 0 Å². The van der Waals surface area contributed by atoms with E-state index in [0.717, 1.165) is 4.90 Å². The number of likely N-dealkylation sites (tertiary alicyclic amines) is 1. The van der Waals surface area contributed by atoms with Gasteiger partial charge in [-0.2, -0.15) is 0 Å². The molecule has 0 unspecified atom stereocenters. The lowest BCUT2D eigenvalue weighted by atomic mass is 10.2. The molecule has 2 rings (SSSR count). The minimum absolute atomic E-state index is 0.0186. The van der Waals surface area contributed by atoms with Crippen LogP contribution in [0.5, 0.6) is 0 Å². The highest BCUT2D eigenvalue weighted by Crippen LogP contribution is 2.30. The van der Waals surface area contributed by atoms with E-state index in [1.165, 1.54) is 18.2 Å². The highest BCUT2D eigenvalue weighted by molar-refractivity contribution is 9.10. The molecule has 0 spiro atoms. The van der Waals surface area contributed by atoms with E-state index in [0.29, 0.717) is 0 Å². The molecule has 0 aromatic heterocycles. The Labute approximate surface area is 115 Å². The van der Waals surface area contributed by atoms with Gasteiger partial charge in [0.1, 0.15) is 0 Å². The third-order valence-corrected chi connectivity index (χ3v) is 3.51. The van der Waals surface area contributed by atoms with Gasteiger partial charge in [-0.1, -0.05) is 0 Å². The van der Waals surface area contributed by atoms with Crippen molar-refractivity contribution in [3.05, 3.63) is 38.3 Å². The summed E-state index contributed by atoms with van der Waals surface area (Å²) in [7, 11) is 0. The Morgan fingerprint density at radius 1 is 1.47 bits per heavy atom. The molecule has 5 nitrogen and oxygen atoms in total. The molecule has 0 saturated carbocycles.